The highest BCUT2D eigenvalue weighted by Crippen LogP contribution is 2.19. The third-order valence-electron chi connectivity index (χ3n) is 3.06. The SMILES string of the molecule is CCCC(CCO)CNS(=O)(=O)c1cc(F)ccc1N. The molecule has 0 amide bonds. The maximum absolute atomic E-state index is 13.1. The van der Waals surface area contributed by atoms with Crippen LogP contribution in [0.15, 0.2) is 23.1 Å². The number of nitrogens with one attached hydrogen (secondary N) is 1. The molecular formula is C13H21FN2O3S. The number of anilines is 1. The molecule has 0 aliphatic carbocycles. The van der Waals surface area contributed by atoms with Crippen LogP contribution in [-0.2, 0) is 10.0 Å². The Bertz CT molecular complexity index is 528. The Labute approximate surface area is 119 Å². The van der Waals surface area contributed by atoms with Crippen molar-refractivity contribution in [2.75, 3.05) is 18.9 Å². The van der Waals surface area contributed by atoms with E-state index in [2.05, 4.69) is 4.72 Å². The number of sulfonamides is 1. The first-order chi connectivity index (χ1) is 9.40. The van der Waals surface area contributed by atoms with Gasteiger partial charge in [-0.25, -0.2) is 17.5 Å². The molecule has 1 rings (SSSR count). The van der Waals surface area contributed by atoms with Gasteiger partial charge < -0.3 is 10.8 Å². The molecule has 1 aromatic carbocycles. The van der Waals surface area contributed by atoms with Crippen molar-refractivity contribution in [3.63, 3.8) is 0 Å². The van der Waals surface area contributed by atoms with E-state index >= 15 is 0 Å². The summed E-state index contributed by atoms with van der Waals surface area (Å²) in [5, 5.41) is 8.94. The number of rotatable bonds is 8. The Kier molecular flexibility index (Phi) is 6.38. The zero-order valence-electron chi connectivity index (χ0n) is 11.5. The van der Waals surface area contributed by atoms with Gasteiger partial charge in [0.1, 0.15) is 10.7 Å². The summed E-state index contributed by atoms with van der Waals surface area (Å²) in [6, 6.07) is 3.24. The summed E-state index contributed by atoms with van der Waals surface area (Å²) in [5.41, 5.74) is 5.58. The van der Waals surface area contributed by atoms with E-state index in [1.165, 1.54) is 6.07 Å². The highest BCUT2D eigenvalue weighted by Gasteiger charge is 2.19. The van der Waals surface area contributed by atoms with Crippen LogP contribution in [0, 0.1) is 11.7 Å². The highest BCUT2D eigenvalue weighted by atomic mass is 32.2. The lowest BCUT2D eigenvalue weighted by Gasteiger charge is -2.16. The molecule has 20 heavy (non-hydrogen) atoms. The lowest BCUT2D eigenvalue weighted by Crippen LogP contribution is -2.30. The van der Waals surface area contributed by atoms with E-state index in [0.29, 0.717) is 6.42 Å². The molecule has 0 heterocycles. The normalized spacial score (nSPS) is 13.3. The predicted molar refractivity (Wildman–Crippen MR) is 76.1 cm³/mol. The van der Waals surface area contributed by atoms with Gasteiger partial charge in [-0.05, 0) is 37.0 Å². The van der Waals surface area contributed by atoms with Crippen LogP contribution in [0.3, 0.4) is 0 Å². The molecule has 1 atom stereocenters. The molecule has 7 heteroatoms. The maximum Gasteiger partial charge on any atom is 0.242 e. The van der Waals surface area contributed by atoms with Crippen molar-refractivity contribution >= 4 is 15.7 Å². The molecule has 0 saturated heterocycles. The minimum absolute atomic E-state index is 0.00750. The third-order valence-corrected chi connectivity index (χ3v) is 4.54. The molecular weight excluding hydrogens is 283 g/mol. The van der Waals surface area contributed by atoms with Crippen LogP contribution >= 0.6 is 0 Å². The summed E-state index contributed by atoms with van der Waals surface area (Å²) in [6.07, 6.45) is 2.23. The van der Waals surface area contributed by atoms with Crippen molar-refractivity contribution in [1.29, 1.82) is 0 Å². The van der Waals surface area contributed by atoms with Crippen molar-refractivity contribution in [1.82, 2.24) is 4.72 Å². The first-order valence-corrected chi connectivity index (χ1v) is 8.04. The molecule has 5 nitrogen and oxygen atoms in total. The molecule has 0 aliphatic rings. The van der Waals surface area contributed by atoms with Gasteiger partial charge in [0, 0.05) is 13.2 Å². The second kappa shape index (κ2) is 7.56. The van der Waals surface area contributed by atoms with Crippen LogP contribution in [0.25, 0.3) is 0 Å². The number of nitrogens with two attached hydrogens (primary N) is 1. The Balaban J connectivity index is 2.81. The molecule has 1 aromatic rings. The van der Waals surface area contributed by atoms with Crippen LogP contribution in [0.4, 0.5) is 10.1 Å². The van der Waals surface area contributed by atoms with Crippen LogP contribution in [0.5, 0.6) is 0 Å². The minimum atomic E-state index is -3.84. The van der Waals surface area contributed by atoms with E-state index in [1.54, 1.807) is 0 Å². The van der Waals surface area contributed by atoms with Crippen LogP contribution in [0.1, 0.15) is 26.2 Å². The third kappa shape index (κ3) is 4.73. The zero-order chi connectivity index (χ0) is 15.2. The first-order valence-electron chi connectivity index (χ1n) is 6.56. The molecule has 0 bridgehead atoms. The Hall–Kier alpha value is -1.18. The molecule has 1 unspecified atom stereocenters. The number of halogens is 1. The van der Waals surface area contributed by atoms with Gasteiger partial charge in [0.15, 0.2) is 0 Å². The van der Waals surface area contributed by atoms with Crippen molar-refractivity contribution in [3.05, 3.63) is 24.0 Å². The summed E-state index contributed by atoms with van der Waals surface area (Å²) in [7, 11) is -3.84. The van der Waals surface area contributed by atoms with E-state index < -0.39 is 15.8 Å². The van der Waals surface area contributed by atoms with Gasteiger partial charge in [0.05, 0.1) is 5.69 Å². The summed E-state index contributed by atoms with van der Waals surface area (Å²) in [6.45, 7) is 2.20. The molecule has 0 fully saturated rings. The van der Waals surface area contributed by atoms with Gasteiger partial charge in [-0.15, -0.1) is 0 Å². The van der Waals surface area contributed by atoms with Gasteiger partial charge in [0.25, 0.3) is 0 Å². The van der Waals surface area contributed by atoms with E-state index in [4.69, 9.17) is 10.8 Å². The second-order valence-corrected chi connectivity index (χ2v) is 6.44. The smallest absolute Gasteiger partial charge is 0.242 e. The quantitative estimate of drug-likeness (QED) is 0.634. The Morgan fingerprint density at radius 3 is 2.70 bits per heavy atom. The van der Waals surface area contributed by atoms with Gasteiger partial charge in [0.2, 0.25) is 10.0 Å². The number of aliphatic hydroxyl groups is 1. The fourth-order valence-corrected chi connectivity index (χ4v) is 3.24. The highest BCUT2D eigenvalue weighted by molar-refractivity contribution is 7.89. The number of aliphatic hydroxyl groups excluding tert-OH is 1. The molecule has 4 N–H and O–H groups in total. The van der Waals surface area contributed by atoms with E-state index in [0.717, 1.165) is 25.0 Å². The number of benzene rings is 1. The van der Waals surface area contributed by atoms with Gasteiger partial charge >= 0.3 is 0 Å². The lowest BCUT2D eigenvalue weighted by molar-refractivity contribution is 0.251. The standard InChI is InChI=1S/C13H21FN2O3S/c1-2-3-10(6-7-17)9-16-20(18,19)13-8-11(14)4-5-12(13)15/h4-5,8,10,16-17H,2-3,6-7,9,15H2,1H3. The summed E-state index contributed by atoms with van der Waals surface area (Å²) < 4.78 is 39.8. The van der Waals surface area contributed by atoms with Crippen molar-refractivity contribution in [3.8, 4) is 0 Å². The topological polar surface area (TPSA) is 92.4 Å². The monoisotopic (exact) mass is 304 g/mol. The number of hydrogen-bond acceptors (Lipinski definition) is 4. The zero-order valence-corrected chi connectivity index (χ0v) is 12.3. The van der Waals surface area contributed by atoms with E-state index in [1.807, 2.05) is 6.92 Å². The average Bonchev–Trinajstić information content (AvgIpc) is 2.39. The van der Waals surface area contributed by atoms with Gasteiger partial charge in [-0.3, -0.25) is 0 Å². The molecule has 0 spiro atoms. The summed E-state index contributed by atoms with van der Waals surface area (Å²) >= 11 is 0. The first kappa shape index (κ1) is 16.9. The predicted octanol–water partition coefficient (Wildman–Crippen LogP) is 1.48. The fourth-order valence-electron chi connectivity index (χ4n) is 1.99. The van der Waals surface area contributed by atoms with E-state index in [9.17, 15) is 12.8 Å². The molecule has 0 aromatic heterocycles. The van der Waals surface area contributed by atoms with Crippen LogP contribution in [0.2, 0.25) is 0 Å². The molecule has 0 saturated carbocycles. The van der Waals surface area contributed by atoms with Crippen molar-refractivity contribution in [2.24, 2.45) is 5.92 Å². The Morgan fingerprint density at radius 1 is 1.40 bits per heavy atom. The van der Waals surface area contributed by atoms with Crippen molar-refractivity contribution in [2.45, 2.75) is 31.1 Å². The van der Waals surface area contributed by atoms with E-state index in [-0.39, 0.29) is 29.7 Å². The number of hydrogen-bond donors (Lipinski definition) is 3. The van der Waals surface area contributed by atoms with Gasteiger partial charge in [-0.2, -0.15) is 0 Å². The number of nitrogen functional groups attached to an aromatic ring is 1. The Morgan fingerprint density at radius 2 is 2.10 bits per heavy atom. The minimum Gasteiger partial charge on any atom is -0.398 e. The van der Waals surface area contributed by atoms with Crippen molar-refractivity contribution < 1.29 is 17.9 Å². The molecule has 114 valence electrons. The largest absolute Gasteiger partial charge is 0.398 e. The van der Waals surface area contributed by atoms with Crippen LogP contribution in [-0.4, -0.2) is 26.7 Å². The summed E-state index contributed by atoms with van der Waals surface area (Å²) in [4.78, 5) is -0.253. The second-order valence-electron chi connectivity index (χ2n) is 4.70. The average molecular weight is 304 g/mol. The fraction of sp³-hybridized carbons (Fsp3) is 0.538. The van der Waals surface area contributed by atoms with Gasteiger partial charge in [-0.1, -0.05) is 13.3 Å². The summed E-state index contributed by atoms with van der Waals surface area (Å²) in [5.74, 6) is -0.602. The molecule has 0 aliphatic heterocycles. The molecule has 0 radical (unpaired) electrons. The maximum atomic E-state index is 13.1. The lowest BCUT2D eigenvalue weighted by atomic mass is 10.0. The van der Waals surface area contributed by atoms with Crippen LogP contribution < -0.4 is 10.5 Å².